The smallest absolute Gasteiger partial charge is 0.227 e. The third kappa shape index (κ3) is 3.77. The molecule has 144 valence electrons. The van der Waals surface area contributed by atoms with Crippen molar-refractivity contribution in [2.75, 3.05) is 12.8 Å². The third-order valence-electron chi connectivity index (χ3n) is 5.39. The molecule has 0 saturated heterocycles. The first-order valence-corrected chi connectivity index (χ1v) is 11.1. The SMILES string of the molecule is CS(=O)(=O)N1CCCn2nc(CNC(=O)[C@@H]3CCc4ccccc43)cc2C1. The zero-order valence-corrected chi connectivity index (χ0v) is 16.2. The van der Waals surface area contributed by atoms with Crippen molar-refractivity contribution in [2.45, 2.75) is 44.8 Å². The Morgan fingerprint density at radius 3 is 2.93 bits per heavy atom. The van der Waals surface area contributed by atoms with Gasteiger partial charge in [0, 0.05) is 13.1 Å². The summed E-state index contributed by atoms with van der Waals surface area (Å²) in [4.78, 5) is 12.6. The molecule has 0 unspecified atom stereocenters. The van der Waals surface area contributed by atoms with Gasteiger partial charge >= 0.3 is 0 Å². The number of nitrogens with zero attached hydrogens (tertiary/aromatic N) is 3. The Labute approximate surface area is 159 Å². The van der Waals surface area contributed by atoms with E-state index >= 15 is 0 Å². The van der Waals surface area contributed by atoms with Crippen molar-refractivity contribution < 1.29 is 13.2 Å². The van der Waals surface area contributed by atoms with Gasteiger partial charge in [0.15, 0.2) is 0 Å². The summed E-state index contributed by atoms with van der Waals surface area (Å²) >= 11 is 0. The lowest BCUT2D eigenvalue weighted by Gasteiger charge is -2.16. The quantitative estimate of drug-likeness (QED) is 0.858. The fourth-order valence-electron chi connectivity index (χ4n) is 3.99. The number of carbonyl (C=O) groups is 1. The number of sulfonamides is 1. The van der Waals surface area contributed by atoms with Crippen molar-refractivity contribution in [1.29, 1.82) is 0 Å². The van der Waals surface area contributed by atoms with E-state index in [1.807, 2.05) is 28.9 Å². The topological polar surface area (TPSA) is 84.3 Å². The van der Waals surface area contributed by atoms with Crippen LogP contribution < -0.4 is 5.32 Å². The number of nitrogens with one attached hydrogen (secondary N) is 1. The molecule has 2 heterocycles. The van der Waals surface area contributed by atoms with Gasteiger partial charge in [0.05, 0.1) is 36.7 Å². The summed E-state index contributed by atoms with van der Waals surface area (Å²) in [6, 6.07) is 10.0. The summed E-state index contributed by atoms with van der Waals surface area (Å²) in [5.41, 5.74) is 4.01. The third-order valence-corrected chi connectivity index (χ3v) is 6.64. The lowest BCUT2D eigenvalue weighted by Crippen LogP contribution is -2.29. The summed E-state index contributed by atoms with van der Waals surface area (Å²) in [5, 5.41) is 7.55. The maximum atomic E-state index is 12.6. The highest BCUT2D eigenvalue weighted by molar-refractivity contribution is 7.88. The zero-order valence-electron chi connectivity index (χ0n) is 15.4. The summed E-state index contributed by atoms with van der Waals surface area (Å²) in [6.45, 7) is 1.88. The summed E-state index contributed by atoms with van der Waals surface area (Å²) in [7, 11) is -3.23. The van der Waals surface area contributed by atoms with Gasteiger partial charge in [-0.25, -0.2) is 8.42 Å². The molecule has 0 bridgehead atoms. The molecule has 0 radical (unpaired) electrons. The molecule has 7 nitrogen and oxygen atoms in total. The van der Waals surface area contributed by atoms with E-state index in [-0.39, 0.29) is 11.8 Å². The standard InChI is InChI=1S/C19H24N4O3S/c1-27(25,26)22-9-4-10-23-16(13-22)11-15(21-23)12-20-19(24)18-8-7-14-5-2-3-6-17(14)18/h2-3,5-6,11,18H,4,7-10,12-13H2,1H3,(H,20,24)/t18-/m1/s1. The number of hydrogen-bond acceptors (Lipinski definition) is 4. The van der Waals surface area contributed by atoms with Crippen molar-refractivity contribution in [3.8, 4) is 0 Å². The number of benzene rings is 1. The molecule has 0 saturated carbocycles. The molecule has 1 atom stereocenters. The van der Waals surface area contributed by atoms with Crippen molar-refractivity contribution >= 4 is 15.9 Å². The Hall–Kier alpha value is -2.19. The van der Waals surface area contributed by atoms with E-state index < -0.39 is 10.0 Å². The first kappa shape index (κ1) is 18.2. The van der Waals surface area contributed by atoms with E-state index in [9.17, 15) is 13.2 Å². The van der Waals surface area contributed by atoms with Crippen LogP contribution in [0.1, 0.15) is 41.3 Å². The fourth-order valence-corrected chi connectivity index (χ4v) is 4.82. The van der Waals surface area contributed by atoms with Crippen LogP contribution in [0, 0.1) is 0 Å². The monoisotopic (exact) mass is 388 g/mol. The van der Waals surface area contributed by atoms with Gasteiger partial charge in [-0.1, -0.05) is 24.3 Å². The average molecular weight is 388 g/mol. The molecule has 4 rings (SSSR count). The first-order chi connectivity index (χ1) is 12.9. The summed E-state index contributed by atoms with van der Waals surface area (Å²) in [6.07, 6.45) is 3.74. The zero-order chi connectivity index (χ0) is 19.0. The second-order valence-electron chi connectivity index (χ2n) is 7.31. The largest absolute Gasteiger partial charge is 0.350 e. The maximum absolute atomic E-state index is 12.6. The Morgan fingerprint density at radius 1 is 1.30 bits per heavy atom. The predicted molar refractivity (Wildman–Crippen MR) is 101 cm³/mol. The number of hydrogen-bond donors (Lipinski definition) is 1. The predicted octanol–water partition coefficient (Wildman–Crippen LogP) is 1.39. The van der Waals surface area contributed by atoms with Crippen molar-refractivity contribution in [2.24, 2.45) is 0 Å². The number of rotatable bonds is 4. The Balaban J connectivity index is 1.42. The van der Waals surface area contributed by atoms with Crippen molar-refractivity contribution in [3.63, 3.8) is 0 Å². The van der Waals surface area contributed by atoms with Gasteiger partial charge in [-0.15, -0.1) is 0 Å². The van der Waals surface area contributed by atoms with Gasteiger partial charge in [-0.05, 0) is 36.5 Å². The normalized spacial score (nSPS) is 20.0. The van der Waals surface area contributed by atoms with Gasteiger partial charge in [-0.3, -0.25) is 9.48 Å². The molecule has 1 aliphatic carbocycles. The van der Waals surface area contributed by atoms with E-state index in [4.69, 9.17) is 0 Å². The Bertz CT molecular complexity index is 967. The Kier molecular flexibility index (Phi) is 4.77. The van der Waals surface area contributed by atoms with Crippen molar-refractivity contribution in [3.05, 3.63) is 52.8 Å². The molecular weight excluding hydrogens is 364 g/mol. The van der Waals surface area contributed by atoms with Crippen LogP contribution in [0.25, 0.3) is 0 Å². The molecule has 2 aliphatic rings. The van der Waals surface area contributed by atoms with Crippen LogP contribution in [-0.4, -0.2) is 41.2 Å². The molecule has 1 amide bonds. The molecule has 1 aliphatic heterocycles. The number of fused-ring (bicyclic) bond motifs is 2. The minimum Gasteiger partial charge on any atom is -0.350 e. The van der Waals surface area contributed by atoms with Gasteiger partial charge in [0.2, 0.25) is 15.9 Å². The number of aryl methyl sites for hydroxylation is 2. The average Bonchev–Trinajstić information content (AvgIpc) is 3.17. The van der Waals surface area contributed by atoms with E-state index in [0.29, 0.717) is 26.2 Å². The lowest BCUT2D eigenvalue weighted by atomic mass is 10.0. The van der Waals surface area contributed by atoms with Crippen LogP contribution in [0.4, 0.5) is 0 Å². The van der Waals surface area contributed by atoms with Crippen LogP contribution >= 0.6 is 0 Å². The molecule has 8 heteroatoms. The molecule has 1 aromatic heterocycles. The second-order valence-corrected chi connectivity index (χ2v) is 9.29. The second kappa shape index (κ2) is 7.09. The molecule has 0 spiro atoms. The van der Waals surface area contributed by atoms with Crippen LogP contribution in [0.2, 0.25) is 0 Å². The maximum Gasteiger partial charge on any atom is 0.227 e. The van der Waals surface area contributed by atoms with Crippen LogP contribution in [-0.2, 0) is 40.9 Å². The minimum absolute atomic E-state index is 0.0286. The van der Waals surface area contributed by atoms with Gasteiger partial charge in [0.1, 0.15) is 0 Å². The van der Waals surface area contributed by atoms with Crippen LogP contribution in [0.3, 0.4) is 0 Å². The summed E-state index contributed by atoms with van der Waals surface area (Å²) < 4.78 is 27.1. The first-order valence-electron chi connectivity index (χ1n) is 9.28. The Morgan fingerprint density at radius 2 is 2.11 bits per heavy atom. The van der Waals surface area contributed by atoms with E-state index in [1.54, 1.807) is 0 Å². The van der Waals surface area contributed by atoms with Gasteiger partial charge in [0.25, 0.3) is 0 Å². The highest BCUT2D eigenvalue weighted by atomic mass is 32.2. The minimum atomic E-state index is -3.23. The van der Waals surface area contributed by atoms with Gasteiger partial charge in [-0.2, -0.15) is 9.40 Å². The molecule has 0 fully saturated rings. The molecule has 27 heavy (non-hydrogen) atoms. The number of amides is 1. The number of aromatic nitrogens is 2. The fraction of sp³-hybridized carbons (Fsp3) is 0.474. The van der Waals surface area contributed by atoms with Crippen LogP contribution in [0.5, 0.6) is 0 Å². The molecule has 2 aromatic rings. The lowest BCUT2D eigenvalue weighted by molar-refractivity contribution is -0.122. The van der Waals surface area contributed by atoms with E-state index in [1.165, 1.54) is 16.1 Å². The molecule has 1 N–H and O–H groups in total. The highest BCUT2D eigenvalue weighted by Gasteiger charge is 2.28. The molecular formula is C19H24N4O3S. The van der Waals surface area contributed by atoms with Crippen molar-refractivity contribution in [1.82, 2.24) is 19.4 Å². The summed E-state index contributed by atoms with van der Waals surface area (Å²) in [5.74, 6) is -0.0664. The molecule has 1 aromatic carbocycles. The highest BCUT2D eigenvalue weighted by Crippen LogP contribution is 2.32. The number of carbonyl (C=O) groups excluding carboxylic acids is 1. The van der Waals surface area contributed by atoms with Gasteiger partial charge < -0.3 is 5.32 Å². The van der Waals surface area contributed by atoms with E-state index in [0.717, 1.165) is 36.2 Å². The van der Waals surface area contributed by atoms with Crippen LogP contribution in [0.15, 0.2) is 30.3 Å². The van der Waals surface area contributed by atoms with E-state index in [2.05, 4.69) is 16.5 Å².